The zero-order chi connectivity index (χ0) is 11.6. The van der Waals surface area contributed by atoms with E-state index >= 15 is 0 Å². The highest BCUT2D eigenvalue weighted by molar-refractivity contribution is 9.10. The van der Waals surface area contributed by atoms with Gasteiger partial charge in [-0.25, -0.2) is 13.2 Å². The van der Waals surface area contributed by atoms with Gasteiger partial charge in [0.15, 0.2) is 0 Å². The molecule has 0 aliphatic rings. The minimum Gasteiger partial charge on any atom is -0.320 e. The van der Waals surface area contributed by atoms with Crippen LogP contribution in [0.1, 0.15) is 12.5 Å². The third-order valence-electron chi connectivity index (χ3n) is 2.08. The van der Waals surface area contributed by atoms with Crippen LogP contribution in [0.15, 0.2) is 22.7 Å². The van der Waals surface area contributed by atoms with E-state index in [0.717, 1.165) is 0 Å². The topological polar surface area (TPSA) is 26.0 Å². The number of benzene rings is 1. The maximum Gasteiger partial charge on any atom is 0.256 e. The van der Waals surface area contributed by atoms with E-state index in [4.69, 9.17) is 5.73 Å². The lowest BCUT2D eigenvalue weighted by atomic mass is 9.94. The molecule has 1 aromatic rings. The maximum atomic E-state index is 12.9. The number of nitrogens with two attached hydrogens (primary N) is 1. The molecule has 0 spiro atoms. The number of halogens is 4. The van der Waals surface area contributed by atoms with Crippen LogP contribution in [0, 0.1) is 5.82 Å². The van der Waals surface area contributed by atoms with Crippen molar-refractivity contribution in [3.8, 4) is 0 Å². The van der Waals surface area contributed by atoms with Crippen LogP contribution in [0.2, 0.25) is 0 Å². The van der Waals surface area contributed by atoms with Gasteiger partial charge in [0.05, 0.1) is 5.54 Å². The molecule has 0 aromatic heterocycles. The minimum absolute atomic E-state index is 0.0803. The fraction of sp³-hybridized carbons (Fsp3) is 0.400. The predicted octanol–water partition coefficient (Wildman–Crippen LogP) is 3.11. The molecule has 1 nitrogen and oxygen atoms in total. The summed E-state index contributed by atoms with van der Waals surface area (Å²) >= 11 is 3.17. The minimum atomic E-state index is -2.65. The fourth-order valence-corrected chi connectivity index (χ4v) is 1.55. The van der Waals surface area contributed by atoms with Crippen LogP contribution < -0.4 is 5.73 Å². The van der Waals surface area contributed by atoms with Crippen molar-refractivity contribution in [2.75, 3.05) is 0 Å². The second-order valence-electron chi connectivity index (χ2n) is 3.72. The monoisotopic (exact) mass is 281 g/mol. The molecule has 15 heavy (non-hydrogen) atoms. The molecule has 5 heteroatoms. The average Bonchev–Trinajstić information content (AvgIpc) is 2.10. The molecule has 0 amide bonds. The highest BCUT2D eigenvalue weighted by atomic mass is 79.9. The van der Waals surface area contributed by atoms with Crippen LogP contribution in [0.3, 0.4) is 0 Å². The molecule has 0 aliphatic carbocycles. The second-order valence-corrected chi connectivity index (χ2v) is 4.57. The van der Waals surface area contributed by atoms with E-state index in [0.29, 0.717) is 10.0 Å². The largest absolute Gasteiger partial charge is 0.320 e. The Morgan fingerprint density at radius 3 is 2.60 bits per heavy atom. The zero-order valence-corrected chi connectivity index (χ0v) is 9.69. The Balaban J connectivity index is 2.94. The molecular weight excluding hydrogens is 271 g/mol. The van der Waals surface area contributed by atoms with Crippen molar-refractivity contribution in [1.82, 2.24) is 0 Å². The second kappa shape index (κ2) is 4.53. The van der Waals surface area contributed by atoms with Gasteiger partial charge < -0.3 is 5.73 Å². The van der Waals surface area contributed by atoms with E-state index in [9.17, 15) is 13.2 Å². The molecule has 1 aromatic carbocycles. The first kappa shape index (κ1) is 12.5. The zero-order valence-electron chi connectivity index (χ0n) is 8.11. The van der Waals surface area contributed by atoms with Crippen LogP contribution in [-0.2, 0) is 6.42 Å². The number of hydrogen-bond donors (Lipinski definition) is 1. The van der Waals surface area contributed by atoms with Crippen molar-refractivity contribution in [1.29, 1.82) is 0 Å². The molecule has 0 aliphatic heterocycles. The molecule has 84 valence electrons. The van der Waals surface area contributed by atoms with Crippen molar-refractivity contribution in [2.24, 2.45) is 5.73 Å². The molecule has 0 fully saturated rings. The first-order valence-corrected chi connectivity index (χ1v) is 5.13. The Labute approximate surface area is 94.6 Å². The molecule has 0 heterocycles. The van der Waals surface area contributed by atoms with E-state index < -0.39 is 17.8 Å². The molecule has 2 N–H and O–H groups in total. The van der Waals surface area contributed by atoms with E-state index in [-0.39, 0.29) is 6.42 Å². The van der Waals surface area contributed by atoms with Gasteiger partial charge in [0.1, 0.15) is 5.82 Å². The quantitative estimate of drug-likeness (QED) is 0.905. The SMILES string of the molecule is CC(N)(Cc1cc(F)ccc1Br)C(F)F. The lowest BCUT2D eigenvalue weighted by molar-refractivity contribution is 0.0638. The Morgan fingerprint density at radius 1 is 1.47 bits per heavy atom. The maximum absolute atomic E-state index is 12.9. The molecule has 1 rings (SSSR count). The van der Waals surface area contributed by atoms with Gasteiger partial charge in [-0.2, -0.15) is 0 Å². The predicted molar refractivity (Wildman–Crippen MR) is 56.4 cm³/mol. The first-order chi connectivity index (χ1) is 6.83. The molecule has 0 bridgehead atoms. The van der Waals surface area contributed by atoms with Crippen LogP contribution in [0.25, 0.3) is 0 Å². The van der Waals surface area contributed by atoms with Crippen molar-refractivity contribution < 1.29 is 13.2 Å². The summed E-state index contributed by atoms with van der Waals surface area (Å²) in [6.07, 6.45) is -2.73. The van der Waals surface area contributed by atoms with Gasteiger partial charge in [0, 0.05) is 4.47 Å². The van der Waals surface area contributed by atoms with Gasteiger partial charge in [0.25, 0.3) is 6.43 Å². The number of alkyl halides is 2. The Hall–Kier alpha value is -0.550. The highest BCUT2D eigenvalue weighted by Gasteiger charge is 2.31. The molecule has 0 radical (unpaired) electrons. The van der Waals surface area contributed by atoms with Crippen LogP contribution in [0.5, 0.6) is 0 Å². The Bertz CT molecular complexity index is 353. The normalized spacial score (nSPS) is 15.4. The lowest BCUT2D eigenvalue weighted by Crippen LogP contribution is -2.45. The molecule has 1 unspecified atom stereocenters. The van der Waals surface area contributed by atoms with Gasteiger partial charge >= 0.3 is 0 Å². The lowest BCUT2D eigenvalue weighted by Gasteiger charge is -2.24. The average molecular weight is 282 g/mol. The van der Waals surface area contributed by atoms with E-state index in [2.05, 4.69) is 15.9 Å². The third kappa shape index (κ3) is 3.21. The summed E-state index contributed by atoms with van der Waals surface area (Å²) in [4.78, 5) is 0. The van der Waals surface area contributed by atoms with Crippen LogP contribution in [-0.4, -0.2) is 12.0 Å². The number of hydrogen-bond acceptors (Lipinski definition) is 1. The van der Waals surface area contributed by atoms with Gasteiger partial charge in [-0.15, -0.1) is 0 Å². The standard InChI is InChI=1S/C10H11BrF3N/c1-10(15,9(13)14)5-6-4-7(12)2-3-8(6)11/h2-4,9H,5,15H2,1H3. The van der Waals surface area contributed by atoms with E-state index in [1.54, 1.807) is 0 Å². The molecular formula is C10H11BrF3N. The summed E-state index contributed by atoms with van der Waals surface area (Å²) in [6, 6.07) is 3.94. The molecule has 0 saturated heterocycles. The van der Waals surface area contributed by atoms with Gasteiger partial charge in [-0.1, -0.05) is 15.9 Å². The van der Waals surface area contributed by atoms with Crippen molar-refractivity contribution in [3.63, 3.8) is 0 Å². The Kier molecular flexibility index (Phi) is 3.78. The molecule has 1 atom stereocenters. The van der Waals surface area contributed by atoms with Crippen molar-refractivity contribution in [2.45, 2.75) is 25.3 Å². The van der Waals surface area contributed by atoms with Crippen LogP contribution >= 0.6 is 15.9 Å². The van der Waals surface area contributed by atoms with E-state index in [1.165, 1.54) is 25.1 Å². The molecule has 0 saturated carbocycles. The Morgan fingerprint density at radius 2 is 2.07 bits per heavy atom. The van der Waals surface area contributed by atoms with Gasteiger partial charge in [-0.3, -0.25) is 0 Å². The van der Waals surface area contributed by atoms with Gasteiger partial charge in [0.2, 0.25) is 0 Å². The summed E-state index contributed by atoms with van der Waals surface area (Å²) in [5.74, 6) is -0.460. The summed E-state index contributed by atoms with van der Waals surface area (Å²) < 4.78 is 38.5. The number of rotatable bonds is 3. The van der Waals surface area contributed by atoms with E-state index in [1.807, 2.05) is 0 Å². The van der Waals surface area contributed by atoms with Crippen molar-refractivity contribution in [3.05, 3.63) is 34.1 Å². The van der Waals surface area contributed by atoms with Crippen LogP contribution in [0.4, 0.5) is 13.2 Å². The summed E-state index contributed by atoms with van der Waals surface area (Å²) in [5.41, 5.74) is 4.22. The smallest absolute Gasteiger partial charge is 0.256 e. The van der Waals surface area contributed by atoms with Crippen molar-refractivity contribution >= 4 is 15.9 Å². The summed E-state index contributed by atoms with van der Waals surface area (Å²) in [6.45, 7) is 1.25. The summed E-state index contributed by atoms with van der Waals surface area (Å²) in [5, 5.41) is 0. The van der Waals surface area contributed by atoms with Gasteiger partial charge in [-0.05, 0) is 37.1 Å². The summed E-state index contributed by atoms with van der Waals surface area (Å²) in [7, 11) is 0. The fourth-order valence-electron chi connectivity index (χ4n) is 1.17. The third-order valence-corrected chi connectivity index (χ3v) is 2.85. The highest BCUT2D eigenvalue weighted by Crippen LogP contribution is 2.24. The first-order valence-electron chi connectivity index (χ1n) is 4.34.